The summed E-state index contributed by atoms with van der Waals surface area (Å²) in [5.74, 6) is 3.10. The molecular formula is C16H31NOS. The molecular weight excluding hydrogens is 254 g/mol. The minimum atomic E-state index is -0.0237. The monoisotopic (exact) mass is 285 g/mol. The van der Waals surface area contributed by atoms with E-state index in [4.69, 9.17) is 0 Å². The summed E-state index contributed by atoms with van der Waals surface area (Å²) in [6.07, 6.45) is 10.2. The van der Waals surface area contributed by atoms with Crippen LogP contribution in [-0.2, 0) is 0 Å². The second-order valence-corrected chi connectivity index (χ2v) is 7.56. The van der Waals surface area contributed by atoms with Gasteiger partial charge in [0.15, 0.2) is 0 Å². The van der Waals surface area contributed by atoms with E-state index >= 15 is 0 Å². The van der Waals surface area contributed by atoms with Gasteiger partial charge in [-0.15, -0.1) is 0 Å². The van der Waals surface area contributed by atoms with Crippen LogP contribution in [-0.4, -0.2) is 46.7 Å². The maximum atomic E-state index is 10.3. The van der Waals surface area contributed by atoms with Crippen molar-refractivity contribution < 1.29 is 5.11 Å². The van der Waals surface area contributed by atoms with Crippen LogP contribution in [0.5, 0.6) is 0 Å². The van der Waals surface area contributed by atoms with Crippen LogP contribution in [0, 0.1) is 5.92 Å². The molecule has 112 valence electrons. The van der Waals surface area contributed by atoms with Gasteiger partial charge in [0.1, 0.15) is 0 Å². The molecule has 1 N–H and O–H groups in total. The standard InChI is InChI=1S/C16H31NOS/c1-2-19-13-7-12-17-11-6-5-9-15(17)14-8-3-4-10-16(14)18/h14-16,18H,2-13H2,1H3. The summed E-state index contributed by atoms with van der Waals surface area (Å²) >= 11 is 2.06. The summed E-state index contributed by atoms with van der Waals surface area (Å²) in [7, 11) is 0. The van der Waals surface area contributed by atoms with E-state index < -0.39 is 0 Å². The second-order valence-electron chi connectivity index (χ2n) is 6.17. The lowest BCUT2D eigenvalue weighted by atomic mass is 9.78. The molecule has 1 heterocycles. The Morgan fingerprint density at radius 3 is 2.68 bits per heavy atom. The zero-order chi connectivity index (χ0) is 13.5. The van der Waals surface area contributed by atoms with Gasteiger partial charge in [-0.25, -0.2) is 0 Å². The highest BCUT2D eigenvalue weighted by Gasteiger charge is 2.35. The van der Waals surface area contributed by atoms with E-state index in [0.717, 1.165) is 6.42 Å². The van der Waals surface area contributed by atoms with Gasteiger partial charge in [-0.05, 0) is 56.7 Å². The van der Waals surface area contributed by atoms with Gasteiger partial charge in [0.25, 0.3) is 0 Å². The lowest BCUT2D eigenvalue weighted by molar-refractivity contribution is -0.00532. The zero-order valence-corrected chi connectivity index (χ0v) is 13.3. The normalized spacial score (nSPS) is 33.5. The largest absolute Gasteiger partial charge is 0.393 e. The summed E-state index contributed by atoms with van der Waals surface area (Å²) in [6.45, 7) is 4.76. The van der Waals surface area contributed by atoms with E-state index in [1.54, 1.807) is 0 Å². The van der Waals surface area contributed by atoms with E-state index in [-0.39, 0.29) is 6.10 Å². The lowest BCUT2D eigenvalue weighted by Gasteiger charge is -2.43. The van der Waals surface area contributed by atoms with Gasteiger partial charge in [-0.2, -0.15) is 11.8 Å². The van der Waals surface area contributed by atoms with Crippen molar-refractivity contribution in [2.75, 3.05) is 24.6 Å². The molecule has 0 amide bonds. The van der Waals surface area contributed by atoms with Gasteiger partial charge in [0.2, 0.25) is 0 Å². The first-order valence-electron chi connectivity index (χ1n) is 8.32. The Labute approximate surface area is 123 Å². The SMILES string of the molecule is CCSCCCN1CCCCC1C1CCCCC1O. The number of aliphatic hydroxyl groups is 1. The molecule has 3 heteroatoms. The number of likely N-dealkylation sites (tertiary alicyclic amines) is 1. The highest BCUT2D eigenvalue weighted by molar-refractivity contribution is 7.99. The molecule has 2 rings (SSSR count). The van der Waals surface area contributed by atoms with E-state index in [1.807, 2.05) is 0 Å². The van der Waals surface area contributed by atoms with Gasteiger partial charge in [-0.3, -0.25) is 4.90 Å². The van der Waals surface area contributed by atoms with Crippen LogP contribution in [0.3, 0.4) is 0 Å². The predicted molar refractivity (Wildman–Crippen MR) is 84.8 cm³/mol. The molecule has 3 atom stereocenters. The smallest absolute Gasteiger partial charge is 0.0583 e. The van der Waals surface area contributed by atoms with Gasteiger partial charge >= 0.3 is 0 Å². The summed E-state index contributed by atoms with van der Waals surface area (Å²) in [4.78, 5) is 2.71. The maximum absolute atomic E-state index is 10.3. The first kappa shape index (κ1) is 15.7. The predicted octanol–water partition coefficient (Wildman–Crippen LogP) is 3.54. The van der Waals surface area contributed by atoms with E-state index in [2.05, 4.69) is 23.6 Å². The Kier molecular flexibility index (Phi) is 7.03. The van der Waals surface area contributed by atoms with Crippen molar-refractivity contribution >= 4 is 11.8 Å². The molecule has 19 heavy (non-hydrogen) atoms. The number of aliphatic hydroxyl groups excluding tert-OH is 1. The maximum Gasteiger partial charge on any atom is 0.0583 e. The fourth-order valence-electron chi connectivity index (χ4n) is 3.88. The van der Waals surface area contributed by atoms with Crippen molar-refractivity contribution in [3.8, 4) is 0 Å². The van der Waals surface area contributed by atoms with Crippen LogP contribution < -0.4 is 0 Å². The van der Waals surface area contributed by atoms with Crippen molar-refractivity contribution in [3.05, 3.63) is 0 Å². The molecule has 0 spiro atoms. The van der Waals surface area contributed by atoms with Crippen LogP contribution in [0.4, 0.5) is 0 Å². The first-order chi connectivity index (χ1) is 9.33. The van der Waals surface area contributed by atoms with Gasteiger partial charge < -0.3 is 5.11 Å². The van der Waals surface area contributed by atoms with Gasteiger partial charge in [0.05, 0.1) is 6.10 Å². The fraction of sp³-hybridized carbons (Fsp3) is 1.00. The molecule has 1 aliphatic heterocycles. The molecule has 2 fully saturated rings. The summed E-state index contributed by atoms with van der Waals surface area (Å²) in [6, 6.07) is 0.677. The van der Waals surface area contributed by atoms with Crippen molar-refractivity contribution in [3.63, 3.8) is 0 Å². The van der Waals surface area contributed by atoms with E-state index in [1.165, 1.54) is 69.5 Å². The number of nitrogens with zero attached hydrogens (tertiary/aromatic N) is 1. The Balaban J connectivity index is 1.84. The molecule has 2 aliphatic rings. The van der Waals surface area contributed by atoms with Crippen LogP contribution in [0.2, 0.25) is 0 Å². The second kappa shape index (κ2) is 8.53. The number of rotatable bonds is 6. The molecule has 1 saturated heterocycles. The molecule has 2 nitrogen and oxygen atoms in total. The Morgan fingerprint density at radius 1 is 1.11 bits per heavy atom. The lowest BCUT2D eigenvalue weighted by Crippen LogP contribution is -2.49. The van der Waals surface area contributed by atoms with Crippen LogP contribution in [0.25, 0.3) is 0 Å². The molecule has 0 aromatic heterocycles. The quantitative estimate of drug-likeness (QED) is 0.755. The molecule has 1 saturated carbocycles. The molecule has 0 aromatic carbocycles. The van der Waals surface area contributed by atoms with Crippen molar-refractivity contribution in [2.24, 2.45) is 5.92 Å². The molecule has 1 aliphatic carbocycles. The summed E-state index contributed by atoms with van der Waals surface area (Å²) in [5.41, 5.74) is 0. The number of hydrogen-bond donors (Lipinski definition) is 1. The highest BCUT2D eigenvalue weighted by atomic mass is 32.2. The van der Waals surface area contributed by atoms with Crippen LogP contribution in [0.15, 0.2) is 0 Å². The van der Waals surface area contributed by atoms with Crippen molar-refractivity contribution in [2.45, 2.75) is 70.4 Å². The Hall–Kier alpha value is 0.270. The summed E-state index contributed by atoms with van der Waals surface area (Å²) < 4.78 is 0. The molecule has 0 radical (unpaired) electrons. The van der Waals surface area contributed by atoms with E-state index in [0.29, 0.717) is 12.0 Å². The Morgan fingerprint density at radius 2 is 1.89 bits per heavy atom. The third-order valence-electron chi connectivity index (χ3n) is 4.88. The average molecular weight is 285 g/mol. The number of piperidine rings is 1. The van der Waals surface area contributed by atoms with Gasteiger partial charge in [-0.1, -0.05) is 26.2 Å². The van der Waals surface area contributed by atoms with Crippen LogP contribution in [0.1, 0.15) is 58.3 Å². The van der Waals surface area contributed by atoms with E-state index in [9.17, 15) is 5.11 Å². The summed E-state index contributed by atoms with van der Waals surface area (Å²) in [5, 5.41) is 10.3. The Bertz CT molecular complexity index is 249. The molecule has 3 unspecified atom stereocenters. The van der Waals surface area contributed by atoms with Crippen LogP contribution >= 0.6 is 11.8 Å². The number of thioether (sulfide) groups is 1. The zero-order valence-electron chi connectivity index (χ0n) is 12.5. The minimum Gasteiger partial charge on any atom is -0.393 e. The molecule has 0 bridgehead atoms. The topological polar surface area (TPSA) is 23.5 Å². The van der Waals surface area contributed by atoms with Crippen molar-refractivity contribution in [1.29, 1.82) is 0 Å². The molecule has 0 aromatic rings. The first-order valence-corrected chi connectivity index (χ1v) is 9.48. The van der Waals surface area contributed by atoms with Crippen molar-refractivity contribution in [1.82, 2.24) is 4.90 Å². The number of hydrogen-bond acceptors (Lipinski definition) is 3. The minimum absolute atomic E-state index is 0.0237. The van der Waals surface area contributed by atoms with Gasteiger partial charge in [0, 0.05) is 12.0 Å². The highest BCUT2D eigenvalue weighted by Crippen LogP contribution is 2.34. The third-order valence-corrected chi connectivity index (χ3v) is 5.86. The third kappa shape index (κ3) is 4.64. The average Bonchev–Trinajstić information content (AvgIpc) is 2.45. The fourth-order valence-corrected chi connectivity index (χ4v) is 4.50.